The van der Waals surface area contributed by atoms with Crippen molar-refractivity contribution in [2.24, 2.45) is 11.1 Å². The van der Waals surface area contributed by atoms with Gasteiger partial charge in [-0.1, -0.05) is 101 Å². The molecule has 0 saturated carbocycles. The van der Waals surface area contributed by atoms with Crippen molar-refractivity contribution in [3.05, 3.63) is 42.5 Å². The molecule has 0 fully saturated rings. The molecule has 2 rings (SSSR count). The van der Waals surface area contributed by atoms with E-state index in [-0.39, 0.29) is 5.97 Å². The van der Waals surface area contributed by atoms with E-state index in [4.69, 9.17) is 10.5 Å². The van der Waals surface area contributed by atoms with E-state index in [0.29, 0.717) is 5.75 Å². The zero-order valence-corrected chi connectivity index (χ0v) is 20.2. The average Bonchev–Trinajstić information content (AvgIpc) is 2.74. The van der Waals surface area contributed by atoms with Crippen LogP contribution in [-0.4, -0.2) is 11.5 Å². The van der Waals surface area contributed by atoms with Gasteiger partial charge >= 0.3 is 5.97 Å². The molecule has 0 spiro atoms. The Hall–Kier alpha value is -1.87. The first-order chi connectivity index (χ1) is 14.8. The molecule has 2 N–H and O–H groups in total. The van der Waals surface area contributed by atoms with Crippen LogP contribution in [0, 0.1) is 5.41 Å². The standard InChI is InChI=1S/C28H43NO2/c1-5-6-7-8-9-10-11-12-13-16-21-28(4,27(2,3)29)26(30)31-25-20-19-23-17-14-15-18-24(23)22-25/h14-15,17-20,22H,5-13,16,21,29H2,1-4H3. The molecular formula is C28H43NO2. The van der Waals surface area contributed by atoms with Crippen molar-refractivity contribution in [2.75, 3.05) is 0 Å². The molecule has 1 atom stereocenters. The fourth-order valence-electron chi connectivity index (χ4n) is 4.10. The van der Waals surface area contributed by atoms with Gasteiger partial charge in [-0.2, -0.15) is 0 Å². The summed E-state index contributed by atoms with van der Waals surface area (Å²) in [4.78, 5) is 13.2. The van der Waals surface area contributed by atoms with Crippen molar-refractivity contribution >= 4 is 16.7 Å². The number of hydrogen-bond acceptors (Lipinski definition) is 3. The van der Waals surface area contributed by atoms with Crippen LogP contribution in [0.1, 0.15) is 98.3 Å². The van der Waals surface area contributed by atoms with Crippen LogP contribution in [0.15, 0.2) is 42.5 Å². The molecule has 2 aromatic rings. The lowest BCUT2D eigenvalue weighted by Gasteiger charge is -2.39. The molecule has 0 aromatic heterocycles. The topological polar surface area (TPSA) is 52.3 Å². The minimum absolute atomic E-state index is 0.230. The molecule has 0 saturated heterocycles. The minimum Gasteiger partial charge on any atom is -0.426 e. The van der Waals surface area contributed by atoms with Crippen LogP contribution in [0.25, 0.3) is 10.8 Å². The van der Waals surface area contributed by atoms with Gasteiger partial charge in [-0.25, -0.2) is 0 Å². The van der Waals surface area contributed by atoms with E-state index in [1.54, 1.807) is 0 Å². The Kier molecular flexibility index (Phi) is 10.0. The molecule has 0 aliphatic heterocycles. The summed E-state index contributed by atoms with van der Waals surface area (Å²) in [5.74, 6) is 0.355. The highest BCUT2D eigenvalue weighted by Crippen LogP contribution is 2.37. The first-order valence-corrected chi connectivity index (χ1v) is 12.3. The largest absolute Gasteiger partial charge is 0.426 e. The number of nitrogens with two attached hydrogens (primary N) is 1. The van der Waals surface area contributed by atoms with Gasteiger partial charge < -0.3 is 10.5 Å². The van der Waals surface area contributed by atoms with Crippen LogP contribution in [0.2, 0.25) is 0 Å². The summed E-state index contributed by atoms with van der Waals surface area (Å²) in [6.07, 6.45) is 13.5. The number of carbonyl (C=O) groups is 1. The summed E-state index contributed by atoms with van der Waals surface area (Å²) < 4.78 is 5.84. The maximum Gasteiger partial charge on any atom is 0.319 e. The van der Waals surface area contributed by atoms with Crippen LogP contribution in [0.4, 0.5) is 0 Å². The van der Waals surface area contributed by atoms with Gasteiger partial charge in [0, 0.05) is 5.54 Å². The van der Waals surface area contributed by atoms with E-state index in [0.717, 1.165) is 30.0 Å². The lowest BCUT2D eigenvalue weighted by atomic mass is 9.70. The van der Waals surface area contributed by atoms with Crippen LogP contribution < -0.4 is 10.5 Å². The number of benzene rings is 2. The molecule has 3 nitrogen and oxygen atoms in total. The zero-order valence-electron chi connectivity index (χ0n) is 20.2. The van der Waals surface area contributed by atoms with E-state index >= 15 is 0 Å². The van der Waals surface area contributed by atoms with Crippen molar-refractivity contribution in [1.82, 2.24) is 0 Å². The van der Waals surface area contributed by atoms with Crippen LogP contribution in [0.3, 0.4) is 0 Å². The number of rotatable bonds is 14. The Labute approximate surface area is 189 Å². The third kappa shape index (κ3) is 7.64. The highest BCUT2D eigenvalue weighted by atomic mass is 16.5. The molecule has 31 heavy (non-hydrogen) atoms. The number of esters is 1. The predicted octanol–water partition coefficient (Wildman–Crippen LogP) is 7.80. The Bertz CT molecular complexity index is 808. The Morgan fingerprint density at radius 3 is 1.94 bits per heavy atom. The van der Waals surface area contributed by atoms with Crippen molar-refractivity contribution in [3.8, 4) is 5.75 Å². The summed E-state index contributed by atoms with van der Waals surface area (Å²) in [5.41, 5.74) is 5.10. The van der Waals surface area contributed by atoms with Gasteiger partial charge in [-0.05, 0) is 50.1 Å². The second-order valence-electron chi connectivity index (χ2n) is 9.88. The first-order valence-electron chi connectivity index (χ1n) is 12.3. The predicted molar refractivity (Wildman–Crippen MR) is 132 cm³/mol. The van der Waals surface area contributed by atoms with Gasteiger partial charge in [0.25, 0.3) is 0 Å². The van der Waals surface area contributed by atoms with Crippen LogP contribution in [-0.2, 0) is 4.79 Å². The molecule has 0 bridgehead atoms. The highest BCUT2D eigenvalue weighted by molar-refractivity contribution is 5.86. The van der Waals surface area contributed by atoms with Crippen molar-refractivity contribution in [2.45, 2.75) is 104 Å². The number of fused-ring (bicyclic) bond motifs is 1. The molecule has 0 aliphatic carbocycles. The number of hydrogen-bond donors (Lipinski definition) is 1. The molecule has 1 unspecified atom stereocenters. The molecule has 172 valence electrons. The third-order valence-corrected chi connectivity index (χ3v) is 6.83. The Balaban J connectivity index is 1.85. The van der Waals surface area contributed by atoms with Crippen molar-refractivity contribution < 1.29 is 9.53 Å². The molecule has 3 heteroatoms. The molecule has 0 aliphatic rings. The average molecular weight is 426 g/mol. The minimum atomic E-state index is -0.723. The maximum atomic E-state index is 13.2. The van der Waals surface area contributed by atoms with Gasteiger partial charge in [-0.15, -0.1) is 0 Å². The van der Waals surface area contributed by atoms with E-state index in [1.807, 2.05) is 57.2 Å². The summed E-state index contributed by atoms with van der Waals surface area (Å²) in [7, 11) is 0. The van der Waals surface area contributed by atoms with Crippen molar-refractivity contribution in [1.29, 1.82) is 0 Å². The molecule has 0 radical (unpaired) electrons. The monoisotopic (exact) mass is 425 g/mol. The maximum absolute atomic E-state index is 13.2. The normalized spacial score (nSPS) is 13.8. The van der Waals surface area contributed by atoms with Crippen LogP contribution in [0.5, 0.6) is 5.75 Å². The smallest absolute Gasteiger partial charge is 0.319 e. The summed E-state index contributed by atoms with van der Waals surface area (Å²) in [6.45, 7) is 8.09. The van der Waals surface area contributed by atoms with E-state index in [1.165, 1.54) is 51.4 Å². The molecule has 2 aromatic carbocycles. The van der Waals surface area contributed by atoms with E-state index < -0.39 is 11.0 Å². The molecule has 0 heterocycles. The second kappa shape index (κ2) is 12.2. The lowest BCUT2D eigenvalue weighted by Crippen LogP contribution is -2.55. The fourth-order valence-corrected chi connectivity index (χ4v) is 4.10. The van der Waals surface area contributed by atoms with Gasteiger partial charge in [0.1, 0.15) is 5.75 Å². The summed E-state index contributed by atoms with van der Waals surface area (Å²) in [5, 5.41) is 2.20. The summed E-state index contributed by atoms with van der Waals surface area (Å²) in [6, 6.07) is 13.9. The van der Waals surface area contributed by atoms with Gasteiger partial charge in [0.2, 0.25) is 0 Å². The van der Waals surface area contributed by atoms with Gasteiger partial charge in [0.15, 0.2) is 0 Å². The van der Waals surface area contributed by atoms with Crippen LogP contribution >= 0.6 is 0 Å². The van der Waals surface area contributed by atoms with E-state index in [9.17, 15) is 4.79 Å². The Morgan fingerprint density at radius 2 is 1.35 bits per heavy atom. The quantitative estimate of drug-likeness (QED) is 0.191. The van der Waals surface area contributed by atoms with Gasteiger partial charge in [-0.3, -0.25) is 4.79 Å². The summed E-state index contributed by atoms with van der Waals surface area (Å²) >= 11 is 0. The SMILES string of the molecule is CCCCCCCCCCCCC(C)(C(=O)Oc1ccc2ccccc2c1)C(C)(C)N. The molecule has 0 amide bonds. The molecular weight excluding hydrogens is 382 g/mol. The lowest BCUT2D eigenvalue weighted by molar-refractivity contribution is -0.149. The Morgan fingerprint density at radius 1 is 0.806 bits per heavy atom. The highest BCUT2D eigenvalue weighted by Gasteiger charge is 2.46. The third-order valence-electron chi connectivity index (χ3n) is 6.83. The zero-order chi connectivity index (χ0) is 22.7. The first kappa shape index (κ1) is 25.4. The van der Waals surface area contributed by atoms with E-state index in [2.05, 4.69) is 13.0 Å². The fraction of sp³-hybridized carbons (Fsp3) is 0.607. The number of unbranched alkanes of at least 4 members (excludes halogenated alkanes) is 9. The second-order valence-corrected chi connectivity index (χ2v) is 9.88. The van der Waals surface area contributed by atoms with Gasteiger partial charge in [0.05, 0.1) is 5.41 Å². The number of ether oxygens (including phenoxy) is 1. The number of carbonyl (C=O) groups excluding carboxylic acids is 1. The van der Waals surface area contributed by atoms with Crippen molar-refractivity contribution in [3.63, 3.8) is 0 Å².